The number of rotatable bonds is 4. The molecule has 0 spiro atoms. The van der Waals surface area contributed by atoms with Gasteiger partial charge >= 0.3 is 0 Å². The van der Waals surface area contributed by atoms with E-state index in [4.69, 9.17) is 16.0 Å². The molecule has 0 N–H and O–H groups in total. The van der Waals surface area contributed by atoms with Crippen LogP contribution in [-0.4, -0.2) is 33.9 Å². The Morgan fingerprint density at radius 3 is 2.65 bits per heavy atom. The van der Waals surface area contributed by atoms with Crippen LogP contribution in [0.3, 0.4) is 0 Å². The molecule has 2 amide bonds. The van der Waals surface area contributed by atoms with Crippen LogP contribution < -0.4 is 4.90 Å². The molecule has 31 heavy (non-hydrogen) atoms. The second kappa shape index (κ2) is 7.31. The molecular formula is C22H18ClN5O3. The van der Waals surface area contributed by atoms with Crippen LogP contribution in [0.25, 0.3) is 11.5 Å². The summed E-state index contributed by atoms with van der Waals surface area (Å²) in [6, 6.07) is 12.7. The van der Waals surface area contributed by atoms with E-state index in [1.165, 1.54) is 5.01 Å². The molecule has 9 heteroatoms. The summed E-state index contributed by atoms with van der Waals surface area (Å²) in [4.78, 5) is 31.7. The third-order valence-corrected chi connectivity index (χ3v) is 5.74. The number of aromatic nitrogens is 1. The smallest absolute Gasteiger partial charge is 0.263 e. The minimum Gasteiger partial charge on any atom is -0.441 e. The number of fused-ring (bicyclic) bond motifs is 1. The molecule has 2 aliphatic heterocycles. The van der Waals surface area contributed by atoms with E-state index in [0.717, 1.165) is 16.0 Å². The van der Waals surface area contributed by atoms with Crippen LogP contribution in [0.5, 0.6) is 0 Å². The molecule has 0 radical (unpaired) electrons. The molecule has 0 unspecified atom stereocenters. The molecule has 3 aromatic rings. The summed E-state index contributed by atoms with van der Waals surface area (Å²) in [5.74, 6) is 0.330. The zero-order valence-corrected chi connectivity index (χ0v) is 17.6. The minimum absolute atomic E-state index is 0.203. The Morgan fingerprint density at radius 2 is 1.87 bits per heavy atom. The third kappa shape index (κ3) is 3.19. The lowest BCUT2D eigenvalue weighted by Crippen LogP contribution is -2.39. The van der Waals surface area contributed by atoms with E-state index in [1.807, 2.05) is 38.1 Å². The monoisotopic (exact) mass is 435 g/mol. The SMILES string of the molecule is Cc1ccccc1-c1nc(CN2N=N[C@@H]3C(=O)N(c4cccc(Cl)c4)C(=O)[C@H]32)c(C)o1. The van der Waals surface area contributed by atoms with Gasteiger partial charge in [0.25, 0.3) is 11.8 Å². The van der Waals surface area contributed by atoms with Crippen LogP contribution in [0.4, 0.5) is 5.69 Å². The Bertz CT molecular complexity index is 1240. The van der Waals surface area contributed by atoms with Crippen molar-refractivity contribution in [3.63, 3.8) is 0 Å². The fourth-order valence-corrected chi connectivity index (χ4v) is 4.06. The van der Waals surface area contributed by atoms with Gasteiger partial charge in [0, 0.05) is 10.6 Å². The number of hydrogen-bond acceptors (Lipinski definition) is 7. The van der Waals surface area contributed by atoms with Crippen LogP contribution in [0.1, 0.15) is 17.0 Å². The minimum atomic E-state index is -0.880. The van der Waals surface area contributed by atoms with E-state index >= 15 is 0 Å². The molecule has 5 rings (SSSR count). The molecule has 156 valence electrons. The summed E-state index contributed by atoms with van der Waals surface area (Å²) < 4.78 is 5.87. The Hall–Kier alpha value is -3.52. The van der Waals surface area contributed by atoms with Crippen LogP contribution >= 0.6 is 11.6 Å². The number of oxazole rings is 1. The van der Waals surface area contributed by atoms with Gasteiger partial charge in [-0.3, -0.25) is 14.6 Å². The predicted octanol–water partition coefficient (Wildman–Crippen LogP) is 4.11. The van der Waals surface area contributed by atoms with Crippen molar-refractivity contribution in [2.75, 3.05) is 4.90 Å². The maximum absolute atomic E-state index is 13.1. The zero-order chi connectivity index (χ0) is 21.7. The topological polar surface area (TPSA) is 91.4 Å². The van der Waals surface area contributed by atoms with Crippen LogP contribution in [0.15, 0.2) is 63.3 Å². The number of carbonyl (C=O) groups is 2. The highest BCUT2D eigenvalue weighted by Gasteiger charge is 2.55. The van der Waals surface area contributed by atoms with Gasteiger partial charge in [0.05, 0.1) is 12.2 Å². The van der Waals surface area contributed by atoms with E-state index in [9.17, 15) is 9.59 Å². The number of halogens is 1. The third-order valence-electron chi connectivity index (χ3n) is 5.50. The van der Waals surface area contributed by atoms with E-state index in [1.54, 1.807) is 24.3 Å². The molecule has 2 aromatic carbocycles. The second-order valence-corrected chi connectivity index (χ2v) is 7.96. The fraction of sp³-hybridized carbons (Fsp3) is 0.227. The summed E-state index contributed by atoms with van der Waals surface area (Å²) in [5.41, 5.74) is 3.01. The lowest BCUT2D eigenvalue weighted by Gasteiger charge is -2.20. The Labute approximate surface area is 183 Å². The first-order valence-electron chi connectivity index (χ1n) is 9.77. The van der Waals surface area contributed by atoms with Crippen LogP contribution in [-0.2, 0) is 16.1 Å². The van der Waals surface area contributed by atoms with E-state index in [-0.39, 0.29) is 12.5 Å². The van der Waals surface area contributed by atoms with Crippen molar-refractivity contribution in [1.29, 1.82) is 0 Å². The molecule has 1 fully saturated rings. The zero-order valence-electron chi connectivity index (χ0n) is 16.8. The van der Waals surface area contributed by atoms with Crippen LogP contribution in [0, 0.1) is 13.8 Å². The number of carbonyl (C=O) groups excluding carboxylic acids is 2. The summed E-state index contributed by atoms with van der Waals surface area (Å²) in [7, 11) is 0. The average molecular weight is 436 g/mol. The first-order chi connectivity index (χ1) is 14.9. The number of hydrogen-bond donors (Lipinski definition) is 0. The molecule has 8 nitrogen and oxygen atoms in total. The van der Waals surface area contributed by atoms with Gasteiger partial charge in [-0.25, -0.2) is 9.88 Å². The molecule has 2 atom stereocenters. The van der Waals surface area contributed by atoms with Gasteiger partial charge in [-0.2, -0.15) is 5.11 Å². The number of aryl methyl sites for hydroxylation is 2. The Morgan fingerprint density at radius 1 is 1.06 bits per heavy atom. The summed E-state index contributed by atoms with van der Waals surface area (Å²) >= 11 is 6.04. The maximum atomic E-state index is 13.1. The lowest BCUT2D eigenvalue weighted by molar-refractivity contribution is -0.123. The molecule has 3 heterocycles. The van der Waals surface area contributed by atoms with Crippen molar-refractivity contribution in [2.45, 2.75) is 32.5 Å². The lowest BCUT2D eigenvalue weighted by atomic mass is 10.1. The highest BCUT2D eigenvalue weighted by atomic mass is 35.5. The molecular weight excluding hydrogens is 418 g/mol. The molecule has 2 aliphatic rings. The van der Waals surface area contributed by atoms with Crippen molar-refractivity contribution < 1.29 is 14.0 Å². The van der Waals surface area contributed by atoms with E-state index < -0.39 is 18.0 Å². The molecule has 1 saturated heterocycles. The molecule has 1 aromatic heterocycles. The number of imide groups is 1. The normalized spacial score (nSPS) is 20.1. The summed E-state index contributed by atoms with van der Waals surface area (Å²) in [6.45, 7) is 4.00. The van der Waals surface area contributed by atoms with Crippen molar-refractivity contribution >= 4 is 29.1 Å². The second-order valence-electron chi connectivity index (χ2n) is 7.52. The predicted molar refractivity (Wildman–Crippen MR) is 113 cm³/mol. The Balaban J connectivity index is 1.41. The van der Waals surface area contributed by atoms with Crippen molar-refractivity contribution in [3.8, 4) is 11.5 Å². The van der Waals surface area contributed by atoms with Gasteiger partial charge in [0.1, 0.15) is 11.5 Å². The molecule has 0 bridgehead atoms. The quantitative estimate of drug-likeness (QED) is 0.575. The number of anilines is 1. The van der Waals surface area contributed by atoms with Gasteiger partial charge in [-0.15, -0.1) is 0 Å². The summed E-state index contributed by atoms with van der Waals surface area (Å²) in [5, 5.41) is 10.1. The van der Waals surface area contributed by atoms with Gasteiger partial charge in [-0.05, 0) is 43.7 Å². The number of amides is 2. The molecule has 0 saturated carbocycles. The fourth-order valence-electron chi connectivity index (χ4n) is 3.88. The van der Waals surface area contributed by atoms with Gasteiger partial charge < -0.3 is 4.42 Å². The van der Waals surface area contributed by atoms with Gasteiger partial charge in [0.2, 0.25) is 5.89 Å². The van der Waals surface area contributed by atoms with E-state index in [0.29, 0.717) is 28.1 Å². The van der Waals surface area contributed by atoms with Gasteiger partial charge in [0.15, 0.2) is 12.1 Å². The van der Waals surface area contributed by atoms with Crippen molar-refractivity contribution in [2.24, 2.45) is 10.3 Å². The van der Waals surface area contributed by atoms with Gasteiger partial charge in [-0.1, -0.05) is 41.1 Å². The van der Waals surface area contributed by atoms with Crippen LogP contribution in [0.2, 0.25) is 5.02 Å². The number of benzene rings is 2. The van der Waals surface area contributed by atoms with E-state index in [2.05, 4.69) is 15.3 Å². The Kier molecular flexibility index (Phi) is 4.59. The standard InChI is InChI=1S/C22H18ClN5O3/c1-12-6-3-4-9-16(12)20-24-17(13(2)31-20)11-27-19-18(25-26-27)21(29)28(22(19)30)15-8-5-7-14(23)10-15/h3-10,18-19H,11H2,1-2H3/t18-,19-/m0/s1. The average Bonchev–Trinajstić information content (AvgIpc) is 3.39. The molecule has 0 aliphatic carbocycles. The first-order valence-corrected chi connectivity index (χ1v) is 10.1. The largest absolute Gasteiger partial charge is 0.441 e. The highest BCUT2D eigenvalue weighted by molar-refractivity contribution is 6.31. The summed E-state index contributed by atoms with van der Waals surface area (Å²) in [6.07, 6.45) is 0. The van der Waals surface area contributed by atoms with Crippen molar-refractivity contribution in [3.05, 3.63) is 70.6 Å². The number of nitrogens with zero attached hydrogens (tertiary/aromatic N) is 5. The van der Waals surface area contributed by atoms with Crippen molar-refractivity contribution in [1.82, 2.24) is 9.99 Å². The highest BCUT2D eigenvalue weighted by Crippen LogP contribution is 2.34. The first kappa shape index (κ1) is 19.4. The maximum Gasteiger partial charge on any atom is 0.263 e.